The van der Waals surface area contributed by atoms with E-state index in [0.29, 0.717) is 17.9 Å². The predicted octanol–water partition coefficient (Wildman–Crippen LogP) is 3.31. The Kier molecular flexibility index (Phi) is 5.99. The summed E-state index contributed by atoms with van der Waals surface area (Å²) in [5.74, 6) is 0.0108. The Labute approximate surface area is 165 Å². The molecule has 28 heavy (non-hydrogen) atoms. The van der Waals surface area contributed by atoms with Gasteiger partial charge in [-0.2, -0.15) is 0 Å². The molecule has 4 N–H and O–H groups in total. The molecule has 1 aliphatic rings. The minimum atomic E-state index is -0.489. The van der Waals surface area contributed by atoms with Crippen LogP contribution >= 0.6 is 0 Å². The van der Waals surface area contributed by atoms with Crippen LogP contribution in [0.4, 0.5) is 5.69 Å². The standard InChI is InChI=1S/C22H27N3O3/c1-4-18-22(27)25-17-11-10-16(12-19(17)28-18)14(3)24-21(26)13(2)20(23)15-8-6-5-7-9-15/h5-14,18,20H,4,23H2,1-3H3,(H,24,26)(H,25,27). The zero-order valence-corrected chi connectivity index (χ0v) is 16.4. The molecule has 2 aromatic rings. The maximum Gasteiger partial charge on any atom is 0.265 e. The number of rotatable bonds is 6. The molecule has 0 bridgehead atoms. The Morgan fingerprint density at radius 2 is 1.89 bits per heavy atom. The number of amides is 2. The second kappa shape index (κ2) is 8.44. The molecule has 0 aliphatic carbocycles. The van der Waals surface area contributed by atoms with Crippen molar-refractivity contribution < 1.29 is 14.3 Å². The summed E-state index contributed by atoms with van der Waals surface area (Å²) >= 11 is 0. The number of hydrogen-bond donors (Lipinski definition) is 3. The van der Waals surface area contributed by atoms with Crippen LogP contribution in [0.15, 0.2) is 48.5 Å². The van der Waals surface area contributed by atoms with Crippen LogP contribution in [-0.4, -0.2) is 17.9 Å². The van der Waals surface area contributed by atoms with Crippen LogP contribution in [0, 0.1) is 5.92 Å². The van der Waals surface area contributed by atoms with Gasteiger partial charge in [-0.1, -0.05) is 50.2 Å². The molecule has 2 aromatic carbocycles. The lowest BCUT2D eigenvalue weighted by Crippen LogP contribution is -2.37. The van der Waals surface area contributed by atoms with E-state index in [9.17, 15) is 9.59 Å². The fourth-order valence-corrected chi connectivity index (χ4v) is 3.25. The number of hydrogen-bond acceptors (Lipinski definition) is 4. The molecule has 6 nitrogen and oxygen atoms in total. The first-order chi connectivity index (χ1) is 13.4. The van der Waals surface area contributed by atoms with Crippen LogP contribution in [-0.2, 0) is 9.59 Å². The van der Waals surface area contributed by atoms with Crippen molar-refractivity contribution in [3.63, 3.8) is 0 Å². The monoisotopic (exact) mass is 381 g/mol. The number of benzene rings is 2. The van der Waals surface area contributed by atoms with E-state index in [0.717, 1.165) is 11.1 Å². The molecule has 2 amide bonds. The first-order valence-electron chi connectivity index (χ1n) is 9.63. The summed E-state index contributed by atoms with van der Waals surface area (Å²) in [5, 5.41) is 5.88. The van der Waals surface area contributed by atoms with Gasteiger partial charge in [-0.25, -0.2) is 0 Å². The van der Waals surface area contributed by atoms with Gasteiger partial charge < -0.3 is 21.1 Å². The number of anilines is 1. The first-order valence-corrected chi connectivity index (χ1v) is 9.63. The van der Waals surface area contributed by atoms with Gasteiger partial charge in [-0.05, 0) is 36.6 Å². The Bertz CT molecular complexity index is 853. The highest BCUT2D eigenvalue weighted by Gasteiger charge is 2.27. The maximum absolute atomic E-state index is 12.7. The van der Waals surface area contributed by atoms with E-state index >= 15 is 0 Å². The average molecular weight is 381 g/mol. The van der Waals surface area contributed by atoms with Crippen molar-refractivity contribution >= 4 is 17.5 Å². The number of nitrogens with two attached hydrogens (primary N) is 1. The first kappa shape index (κ1) is 19.9. The smallest absolute Gasteiger partial charge is 0.265 e. The zero-order chi connectivity index (χ0) is 20.3. The van der Waals surface area contributed by atoms with Crippen molar-refractivity contribution in [1.29, 1.82) is 0 Å². The third kappa shape index (κ3) is 4.17. The minimum Gasteiger partial charge on any atom is -0.478 e. The lowest BCUT2D eigenvalue weighted by atomic mass is 9.94. The van der Waals surface area contributed by atoms with E-state index in [4.69, 9.17) is 10.5 Å². The number of nitrogens with one attached hydrogen (secondary N) is 2. The van der Waals surface area contributed by atoms with E-state index in [2.05, 4.69) is 10.6 Å². The molecule has 6 heteroatoms. The third-order valence-electron chi connectivity index (χ3n) is 5.19. The molecule has 4 atom stereocenters. The number of ether oxygens (including phenoxy) is 1. The molecule has 0 saturated carbocycles. The van der Waals surface area contributed by atoms with Gasteiger partial charge >= 0.3 is 0 Å². The molecule has 148 valence electrons. The van der Waals surface area contributed by atoms with Gasteiger partial charge in [0.15, 0.2) is 6.10 Å². The summed E-state index contributed by atoms with van der Waals surface area (Å²) in [5.41, 5.74) is 8.75. The van der Waals surface area contributed by atoms with Crippen molar-refractivity contribution in [1.82, 2.24) is 5.32 Å². The van der Waals surface area contributed by atoms with Gasteiger partial charge in [-0.15, -0.1) is 0 Å². The Hall–Kier alpha value is -2.86. The van der Waals surface area contributed by atoms with Crippen molar-refractivity contribution in [3.05, 3.63) is 59.7 Å². The Morgan fingerprint density at radius 3 is 2.57 bits per heavy atom. The molecular weight excluding hydrogens is 354 g/mol. The van der Waals surface area contributed by atoms with Gasteiger partial charge in [0.05, 0.1) is 17.6 Å². The molecule has 1 heterocycles. The van der Waals surface area contributed by atoms with Crippen LogP contribution in [0.25, 0.3) is 0 Å². The average Bonchev–Trinajstić information content (AvgIpc) is 2.72. The molecule has 1 aliphatic heterocycles. The van der Waals surface area contributed by atoms with Gasteiger partial charge in [0.25, 0.3) is 5.91 Å². The quantitative estimate of drug-likeness (QED) is 0.716. The third-order valence-corrected chi connectivity index (χ3v) is 5.19. The molecule has 3 rings (SSSR count). The summed E-state index contributed by atoms with van der Waals surface area (Å²) in [6, 6.07) is 14.6. The van der Waals surface area contributed by atoms with Crippen LogP contribution in [0.3, 0.4) is 0 Å². The van der Waals surface area contributed by atoms with Crippen molar-refractivity contribution in [2.75, 3.05) is 5.32 Å². The van der Waals surface area contributed by atoms with Gasteiger partial charge in [0.1, 0.15) is 5.75 Å². The molecule has 4 unspecified atom stereocenters. The Balaban J connectivity index is 1.68. The maximum atomic E-state index is 12.7. The fraction of sp³-hybridized carbons (Fsp3) is 0.364. The fourth-order valence-electron chi connectivity index (χ4n) is 3.25. The summed E-state index contributed by atoms with van der Waals surface area (Å²) in [6.07, 6.45) is 0.105. The van der Waals surface area contributed by atoms with Crippen LogP contribution in [0.2, 0.25) is 0 Å². The number of carbonyl (C=O) groups excluding carboxylic acids is 2. The summed E-state index contributed by atoms with van der Waals surface area (Å²) in [7, 11) is 0. The van der Waals surface area contributed by atoms with Crippen LogP contribution in [0.1, 0.15) is 50.4 Å². The number of fused-ring (bicyclic) bond motifs is 1. The molecule has 0 radical (unpaired) electrons. The second-order valence-electron chi connectivity index (χ2n) is 7.22. The predicted molar refractivity (Wildman–Crippen MR) is 109 cm³/mol. The highest BCUT2D eigenvalue weighted by Crippen LogP contribution is 2.33. The number of carbonyl (C=O) groups is 2. The van der Waals surface area contributed by atoms with Gasteiger partial charge in [0.2, 0.25) is 5.91 Å². The normalized spacial score (nSPS) is 18.9. The second-order valence-corrected chi connectivity index (χ2v) is 7.22. The summed E-state index contributed by atoms with van der Waals surface area (Å²) in [4.78, 5) is 24.6. The van der Waals surface area contributed by atoms with Crippen molar-refractivity contribution in [2.24, 2.45) is 11.7 Å². The van der Waals surface area contributed by atoms with Crippen LogP contribution < -0.4 is 21.1 Å². The molecule has 0 fully saturated rings. The topological polar surface area (TPSA) is 93.4 Å². The molecular formula is C22H27N3O3. The molecule has 0 saturated heterocycles. The van der Waals surface area contributed by atoms with Gasteiger partial charge in [-0.3, -0.25) is 9.59 Å². The Morgan fingerprint density at radius 1 is 1.18 bits per heavy atom. The SMILES string of the molecule is CCC1Oc2cc(C(C)NC(=O)C(C)C(N)c3ccccc3)ccc2NC1=O. The highest BCUT2D eigenvalue weighted by atomic mass is 16.5. The summed E-state index contributed by atoms with van der Waals surface area (Å²) in [6.45, 7) is 5.65. The van der Waals surface area contributed by atoms with E-state index in [-0.39, 0.29) is 29.8 Å². The van der Waals surface area contributed by atoms with Gasteiger partial charge in [0, 0.05) is 6.04 Å². The van der Waals surface area contributed by atoms with Crippen molar-refractivity contribution in [2.45, 2.75) is 45.4 Å². The van der Waals surface area contributed by atoms with E-state index in [1.807, 2.05) is 63.2 Å². The van der Waals surface area contributed by atoms with E-state index in [1.165, 1.54) is 0 Å². The minimum absolute atomic E-state index is 0.109. The van der Waals surface area contributed by atoms with E-state index < -0.39 is 6.10 Å². The summed E-state index contributed by atoms with van der Waals surface area (Å²) < 4.78 is 5.79. The van der Waals surface area contributed by atoms with E-state index in [1.54, 1.807) is 6.07 Å². The lowest BCUT2D eigenvalue weighted by Gasteiger charge is -2.27. The molecule has 0 spiro atoms. The highest BCUT2D eigenvalue weighted by molar-refractivity contribution is 5.97. The molecule has 0 aromatic heterocycles. The lowest BCUT2D eigenvalue weighted by molar-refractivity contribution is -0.126. The van der Waals surface area contributed by atoms with Crippen molar-refractivity contribution in [3.8, 4) is 5.75 Å². The largest absolute Gasteiger partial charge is 0.478 e. The van der Waals surface area contributed by atoms with Crippen LogP contribution in [0.5, 0.6) is 5.75 Å². The zero-order valence-electron chi connectivity index (χ0n) is 16.4.